The molecule has 116 valence electrons. The van der Waals surface area contributed by atoms with E-state index in [-0.39, 0.29) is 5.91 Å². The Labute approximate surface area is 124 Å². The van der Waals surface area contributed by atoms with E-state index in [0.29, 0.717) is 25.1 Å². The number of para-hydroxylation sites is 1. The van der Waals surface area contributed by atoms with Crippen molar-refractivity contribution in [1.82, 2.24) is 10.7 Å². The zero-order valence-corrected chi connectivity index (χ0v) is 12.1. The van der Waals surface area contributed by atoms with E-state index in [9.17, 15) is 9.59 Å². The van der Waals surface area contributed by atoms with Gasteiger partial charge in [0.05, 0.1) is 5.69 Å². The van der Waals surface area contributed by atoms with Gasteiger partial charge in [-0.25, -0.2) is 15.2 Å². The number of carbonyl (C=O) groups is 2. The molecule has 1 atom stereocenters. The Balaban J connectivity index is 2.83. The molecule has 7 nitrogen and oxygen atoms in total. The molecule has 0 heterocycles. The molecule has 0 fully saturated rings. The standard InChI is InChI=1S/C14H22N4O3/c1-16-18(11-7-3-2-4-8-11)13(19)12(17-14(20)21)9-5-6-10-15/h2-4,7-8,12,16-17H,5-6,9-10,15H2,1H3,(H,20,21). The third-order valence-electron chi connectivity index (χ3n) is 3.00. The van der Waals surface area contributed by atoms with E-state index in [4.69, 9.17) is 10.8 Å². The van der Waals surface area contributed by atoms with E-state index in [1.165, 1.54) is 5.01 Å². The Hall–Kier alpha value is -2.12. The van der Waals surface area contributed by atoms with Crippen LogP contribution in [0.4, 0.5) is 10.5 Å². The zero-order chi connectivity index (χ0) is 15.7. The van der Waals surface area contributed by atoms with Gasteiger partial charge in [-0.2, -0.15) is 0 Å². The second-order valence-corrected chi connectivity index (χ2v) is 4.52. The molecule has 0 saturated carbocycles. The first-order chi connectivity index (χ1) is 10.1. The Bertz CT molecular complexity index is 453. The van der Waals surface area contributed by atoms with Crippen molar-refractivity contribution >= 4 is 17.7 Å². The molecule has 0 radical (unpaired) electrons. The lowest BCUT2D eigenvalue weighted by atomic mass is 10.1. The highest BCUT2D eigenvalue weighted by molar-refractivity contribution is 5.97. The number of unbranched alkanes of at least 4 members (excludes halogenated alkanes) is 1. The summed E-state index contributed by atoms with van der Waals surface area (Å²) in [6.45, 7) is 0.516. The van der Waals surface area contributed by atoms with Crippen LogP contribution < -0.4 is 21.5 Å². The van der Waals surface area contributed by atoms with Gasteiger partial charge in [0.1, 0.15) is 6.04 Å². The van der Waals surface area contributed by atoms with Crippen LogP contribution in [-0.2, 0) is 4.79 Å². The summed E-state index contributed by atoms with van der Waals surface area (Å²) in [5.74, 6) is -0.344. The summed E-state index contributed by atoms with van der Waals surface area (Å²) in [5, 5.41) is 12.5. The van der Waals surface area contributed by atoms with Gasteiger partial charge >= 0.3 is 6.09 Å². The highest BCUT2D eigenvalue weighted by Crippen LogP contribution is 2.14. The van der Waals surface area contributed by atoms with Gasteiger partial charge in [-0.1, -0.05) is 18.2 Å². The molecule has 1 aromatic rings. The van der Waals surface area contributed by atoms with Crippen molar-refractivity contribution in [3.63, 3.8) is 0 Å². The molecule has 2 amide bonds. The molecule has 0 aliphatic heterocycles. The highest BCUT2D eigenvalue weighted by Gasteiger charge is 2.25. The van der Waals surface area contributed by atoms with Gasteiger partial charge in [-0.15, -0.1) is 0 Å². The predicted octanol–water partition coefficient (Wildman–Crippen LogP) is 0.919. The first-order valence-electron chi connectivity index (χ1n) is 6.86. The second-order valence-electron chi connectivity index (χ2n) is 4.52. The van der Waals surface area contributed by atoms with Gasteiger partial charge in [0.15, 0.2) is 0 Å². The first kappa shape index (κ1) is 16.9. The lowest BCUT2D eigenvalue weighted by Crippen LogP contribution is -2.52. The number of nitrogens with zero attached hydrogens (tertiary/aromatic N) is 1. The van der Waals surface area contributed by atoms with Crippen LogP contribution in [0.1, 0.15) is 19.3 Å². The maximum atomic E-state index is 12.5. The smallest absolute Gasteiger partial charge is 0.405 e. The van der Waals surface area contributed by atoms with Crippen LogP contribution in [0.15, 0.2) is 30.3 Å². The number of hydrazine groups is 1. The van der Waals surface area contributed by atoms with Crippen LogP contribution in [0, 0.1) is 0 Å². The van der Waals surface area contributed by atoms with Gasteiger partial charge < -0.3 is 16.2 Å². The summed E-state index contributed by atoms with van der Waals surface area (Å²) in [4.78, 5) is 23.4. The summed E-state index contributed by atoms with van der Waals surface area (Å²) in [5.41, 5.74) is 8.87. The largest absolute Gasteiger partial charge is 0.465 e. The Morgan fingerprint density at radius 2 is 1.95 bits per heavy atom. The molecule has 0 spiro atoms. The van der Waals surface area contributed by atoms with Gasteiger partial charge in [0.25, 0.3) is 5.91 Å². The summed E-state index contributed by atoms with van der Waals surface area (Å²) in [7, 11) is 1.61. The summed E-state index contributed by atoms with van der Waals surface area (Å²) in [6.07, 6.45) is 0.619. The molecular formula is C14H22N4O3. The molecule has 1 aromatic carbocycles. The van der Waals surface area contributed by atoms with E-state index in [1.54, 1.807) is 31.3 Å². The molecule has 5 N–H and O–H groups in total. The monoisotopic (exact) mass is 294 g/mol. The van der Waals surface area contributed by atoms with E-state index in [1.807, 2.05) is 6.07 Å². The normalized spacial score (nSPS) is 11.7. The highest BCUT2D eigenvalue weighted by atomic mass is 16.4. The maximum Gasteiger partial charge on any atom is 0.405 e. The van der Waals surface area contributed by atoms with Gasteiger partial charge in [0, 0.05) is 7.05 Å². The number of amides is 2. The molecule has 0 aliphatic carbocycles. The zero-order valence-electron chi connectivity index (χ0n) is 12.1. The minimum absolute atomic E-state index is 0.344. The van der Waals surface area contributed by atoms with Crippen molar-refractivity contribution in [2.75, 3.05) is 18.6 Å². The molecule has 7 heteroatoms. The third kappa shape index (κ3) is 5.41. The van der Waals surface area contributed by atoms with Crippen LogP contribution in [0.2, 0.25) is 0 Å². The molecule has 0 aromatic heterocycles. The molecule has 21 heavy (non-hydrogen) atoms. The topological polar surface area (TPSA) is 108 Å². The summed E-state index contributed by atoms with van der Waals surface area (Å²) >= 11 is 0. The van der Waals surface area contributed by atoms with Crippen molar-refractivity contribution in [3.8, 4) is 0 Å². The van der Waals surface area contributed by atoms with Gasteiger partial charge in [-0.3, -0.25) is 4.79 Å². The average Bonchev–Trinajstić information content (AvgIpc) is 2.48. The fraction of sp³-hybridized carbons (Fsp3) is 0.429. The first-order valence-corrected chi connectivity index (χ1v) is 6.86. The van der Waals surface area contributed by atoms with Crippen LogP contribution in [0.5, 0.6) is 0 Å². The number of carbonyl (C=O) groups excluding carboxylic acids is 1. The van der Waals surface area contributed by atoms with E-state index >= 15 is 0 Å². The molecule has 1 rings (SSSR count). The summed E-state index contributed by atoms with van der Waals surface area (Å²) < 4.78 is 0. The third-order valence-corrected chi connectivity index (χ3v) is 3.00. The number of hydrogen-bond acceptors (Lipinski definition) is 4. The van der Waals surface area contributed by atoms with Crippen LogP contribution in [0.3, 0.4) is 0 Å². The molecule has 0 bridgehead atoms. The van der Waals surface area contributed by atoms with Crippen molar-refractivity contribution in [3.05, 3.63) is 30.3 Å². The Morgan fingerprint density at radius 3 is 2.48 bits per heavy atom. The SMILES string of the molecule is CNN(C(=O)C(CCCCN)NC(=O)O)c1ccccc1. The lowest BCUT2D eigenvalue weighted by molar-refractivity contribution is -0.121. The van der Waals surface area contributed by atoms with E-state index in [2.05, 4.69) is 10.7 Å². The number of carboxylic acid groups (broad SMARTS) is 1. The number of hydrogen-bond donors (Lipinski definition) is 4. The fourth-order valence-corrected chi connectivity index (χ4v) is 2.00. The number of rotatable bonds is 8. The molecule has 0 aliphatic rings. The minimum atomic E-state index is -1.22. The van der Waals surface area contributed by atoms with Crippen molar-refractivity contribution in [2.45, 2.75) is 25.3 Å². The Kier molecular flexibility index (Phi) is 7.20. The van der Waals surface area contributed by atoms with Crippen LogP contribution in [0.25, 0.3) is 0 Å². The van der Waals surface area contributed by atoms with Gasteiger partial charge in [-0.05, 0) is 37.9 Å². The molecule has 0 saturated heterocycles. The minimum Gasteiger partial charge on any atom is -0.465 e. The predicted molar refractivity (Wildman–Crippen MR) is 80.8 cm³/mol. The van der Waals surface area contributed by atoms with Crippen molar-refractivity contribution in [1.29, 1.82) is 0 Å². The number of anilines is 1. The number of nitrogens with two attached hydrogens (primary N) is 1. The second kappa shape index (κ2) is 8.93. The van der Waals surface area contributed by atoms with E-state index in [0.717, 1.165) is 6.42 Å². The lowest BCUT2D eigenvalue weighted by Gasteiger charge is -2.26. The average molecular weight is 294 g/mol. The quantitative estimate of drug-likeness (QED) is 0.421. The Morgan fingerprint density at radius 1 is 1.29 bits per heavy atom. The molecule has 1 unspecified atom stereocenters. The van der Waals surface area contributed by atoms with Crippen molar-refractivity contribution < 1.29 is 14.7 Å². The van der Waals surface area contributed by atoms with Crippen LogP contribution in [-0.4, -0.2) is 36.7 Å². The van der Waals surface area contributed by atoms with Gasteiger partial charge in [0.2, 0.25) is 0 Å². The number of nitrogens with one attached hydrogen (secondary N) is 2. The fourth-order valence-electron chi connectivity index (χ4n) is 2.00. The van der Waals surface area contributed by atoms with Crippen molar-refractivity contribution in [2.24, 2.45) is 5.73 Å². The summed E-state index contributed by atoms with van der Waals surface area (Å²) in [6, 6.07) is 8.19. The molecular weight excluding hydrogens is 272 g/mol. The van der Waals surface area contributed by atoms with E-state index < -0.39 is 12.1 Å². The van der Waals surface area contributed by atoms with Crippen LogP contribution >= 0.6 is 0 Å². The maximum absolute atomic E-state index is 12.5. The number of benzene rings is 1.